The Bertz CT molecular complexity index is 1900. The van der Waals surface area contributed by atoms with Crippen LogP contribution in [0.5, 0.6) is 11.6 Å². The first kappa shape index (κ1) is 38.8. The van der Waals surface area contributed by atoms with Crippen molar-refractivity contribution in [3.8, 4) is 11.6 Å². The summed E-state index contributed by atoms with van der Waals surface area (Å²) in [6.07, 6.45) is 0.881. The molecule has 2 aliphatic carbocycles. The molecule has 0 radical (unpaired) electrons. The number of carbonyl (C=O) groups is 4. The third-order valence-electron chi connectivity index (χ3n) is 9.78. The van der Waals surface area contributed by atoms with Gasteiger partial charge in [0.2, 0.25) is 27.7 Å². The number of fused-ring (bicyclic) bond motifs is 1. The van der Waals surface area contributed by atoms with Crippen LogP contribution >= 0.6 is 0 Å². The van der Waals surface area contributed by atoms with Crippen LogP contribution < -0.4 is 24.8 Å². The Morgan fingerprint density at radius 2 is 1.75 bits per heavy atom. The molecule has 1 aromatic carbocycles. The Labute approximate surface area is 304 Å². The second kappa shape index (κ2) is 13.5. The first-order chi connectivity index (χ1) is 24.0. The number of benzene rings is 1. The van der Waals surface area contributed by atoms with Gasteiger partial charge in [-0.15, -0.1) is 6.58 Å². The highest BCUT2D eigenvalue weighted by Gasteiger charge is 2.63. The lowest BCUT2D eigenvalue weighted by molar-refractivity contribution is -0.143. The molecular formula is C36H50N6O9S. The van der Waals surface area contributed by atoms with Gasteiger partial charge >= 0.3 is 6.09 Å². The molecule has 3 fully saturated rings. The van der Waals surface area contributed by atoms with Crippen LogP contribution in [0, 0.1) is 18.3 Å². The molecule has 52 heavy (non-hydrogen) atoms. The van der Waals surface area contributed by atoms with Crippen molar-refractivity contribution in [3.63, 3.8) is 0 Å². The number of hydrogen-bond donors (Lipinski definition) is 3. The molecule has 1 aliphatic heterocycles. The number of hydrogen-bond acceptors (Lipinski definition) is 11. The highest BCUT2D eigenvalue weighted by molar-refractivity contribution is 7.91. The number of alkyl carbamates (subject to hydrolysis) is 1. The molecule has 5 rings (SSSR count). The smallest absolute Gasteiger partial charge is 0.408 e. The van der Waals surface area contributed by atoms with E-state index in [0.717, 1.165) is 0 Å². The molecule has 3 aliphatic rings. The second-order valence-electron chi connectivity index (χ2n) is 16.3. The van der Waals surface area contributed by atoms with Crippen LogP contribution in [-0.2, 0) is 29.1 Å². The highest BCUT2D eigenvalue weighted by atomic mass is 32.2. The van der Waals surface area contributed by atoms with Gasteiger partial charge in [0, 0.05) is 18.4 Å². The van der Waals surface area contributed by atoms with Crippen LogP contribution in [0.25, 0.3) is 11.0 Å². The van der Waals surface area contributed by atoms with Gasteiger partial charge in [-0.2, -0.15) is 0 Å². The summed E-state index contributed by atoms with van der Waals surface area (Å²) >= 11 is 0. The fourth-order valence-corrected chi connectivity index (χ4v) is 7.55. The van der Waals surface area contributed by atoms with Gasteiger partial charge in [0.15, 0.2) is 0 Å². The van der Waals surface area contributed by atoms with E-state index in [1.54, 1.807) is 73.6 Å². The Morgan fingerprint density at radius 3 is 2.31 bits per heavy atom. The molecule has 2 aromatic rings. The second-order valence-corrected chi connectivity index (χ2v) is 18.5. The third-order valence-corrected chi connectivity index (χ3v) is 11.9. The SMILES string of the molecule is C=CC1C[C@]1(NC(=O)[C@@H]1C[C@@H](Oc2nc3cc(OC)ccc3nc2C)CN1C(=O)[C@@H](NC(=O)OC(C)(C)C)C(C)(C)C)C(=O)NS(=O)(=O)C1(C)CC1. The minimum Gasteiger partial charge on any atom is -0.497 e. The number of aryl methyl sites for hydroxylation is 1. The lowest BCUT2D eigenvalue weighted by Crippen LogP contribution is -2.60. The average Bonchev–Trinajstić information content (AvgIpc) is 3.92. The van der Waals surface area contributed by atoms with E-state index in [2.05, 4.69) is 31.9 Å². The minimum atomic E-state index is -4.00. The molecule has 1 unspecified atom stereocenters. The lowest BCUT2D eigenvalue weighted by atomic mass is 9.85. The van der Waals surface area contributed by atoms with Crippen LogP contribution in [0.2, 0.25) is 0 Å². The fraction of sp³-hybridized carbons (Fsp3) is 0.611. The fourth-order valence-electron chi connectivity index (χ4n) is 6.24. The van der Waals surface area contributed by atoms with Crippen molar-refractivity contribution in [2.24, 2.45) is 11.3 Å². The topological polar surface area (TPSA) is 195 Å². The Kier molecular flexibility index (Phi) is 10.1. The van der Waals surface area contributed by atoms with Crippen molar-refractivity contribution in [1.82, 2.24) is 30.2 Å². The van der Waals surface area contributed by atoms with Crippen LogP contribution in [0.1, 0.15) is 79.8 Å². The zero-order chi connectivity index (χ0) is 38.6. The molecule has 4 amide bonds. The Hall–Kier alpha value is -4.47. The van der Waals surface area contributed by atoms with Crippen molar-refractivity contribution in [2.75, 3.05) is 13.7 Å². The number of nitrogens with one attached hydrogen (secondary N) is 3. The summed E-state index contributed by atoms with van der Waals surface area (Å²) in [6.45, 7) is 17.4. The van der Waals surface area contributed by atoms with Crippen molar-refractivity contribution >= 4 is 44.9 Å². The van der Waals surface area contributed by atoms with Crippen LogP contribution in [0.15, 0.2) is 30.9 Å². The van der Waals surface area contributed by atoms with Gasteiger partial charge in [0.1, 0.15) is 40.8 Å². The number of ether oxygens (including phenoxy) is 3. The number of likely N-dealkylation sites (tertiary alicyclic amines) is 1. The van der Waals surface area contributed by atoms with Crippen LogP contribution in [0.3, 0.4) is 0 Å². The number of amides is 4. The third kappa shape index (κ3) is 7.96. The molecule has 0 spiro atoms. The predicted molar refractivity (Wildman–Crippen MR) is 192 cm³/mol. The van der Waals surface area contributed by atoms with E-state index in [-0.39, 0.29) is 25.3 Å². The van der Waals surface area contributed by atoms with Gasteiger partial charge < -0.3 is 29.7 Å². The van der Waals surface area contributed by atoms with Crippen LogP contribution in [0.4, 0.5) is 4.79 Å². The molecule has 1 aromatic heterocycles. The highest BCUT2D eigenvalue weighted by Crippen LogP contribution is 2.47. The first-order valence-corrected chi connectivity index (χ1v) is 18.8. The predicted octanol–water partition coefficient (Wildman–Crippen LogP) is 3.29. The van der Waals surface area contributed by atoms with Gasteiger partial charge in [-0.25, -0.2) is 23.2 Å². The number of rotatable bonds is 11. The van der Waals surface area contributed by atoms with E-state index in [9.17, 15) is 27.6 Å². The van der Waals surface area contributed by atoms with Gasteiger partial charge in [-0.3, -0.25) is 19.1 Å². The van der Waals surface area contributed by atoms with Gasteiger partial charge in [-0.05, 0) is 71.4 Å². The Balaban J connectivity index is 1.45. The van der Waals surface area contributed by atoms with Crippen molar-refractivity contribution in [1.29, 1.82) is 0 Å². The first-order valence-electron chi connectivity index (χ1n) is 17.3. The molecule has 1 saturated heterocycles. The van der Waals surface area contributed by atoms with Crippen LogP contribution in [-0.4, -0.2) is 94.8 Å². The van der Waals surface area contributed by atoms with E-state index in [0.29, 0.717) is 35.3 Å². The van der Waals surface area contributed by atoms with Crippen molar-refractivity contribution < 1.29 is 41.8 Å². The summed E-state index contributed by atoms with van der Waals surface area (Å²) in [7, 11) is -2.46. The molecule has 2 saturated carbocycles. The molecule has 15 nitrogen and oxygen atoms in total. The number of carbonyl (C=O) groups excluding carboxylic acids is 4. The summed E-state index contributed by atoms with van der Waals surface area (Å²) in [4.78, 5) is 65.8. The maximum Gasteiger partial charge on any atom is 0.408 e. The quantitative estimate of drug-likeness (QED) is 0.286. The molecule has 5 atom stereocenters. The Morgan fingerprint density at radius 1 is 1.08 bits per heavy atom. The molecule has 0 bridgehead atoms. The molecule has 3 N–H and O–H groups in total. The van der Waals surface area contributed by atoms with E-state index >= 15 is 0 Å². The number of methoxy groups -OCH3 is 1. The number of aromatic nitrogens is 2. The monoisotopic (exact) mass is 742 g/mol. The zero-order valence-electron chi connectivity index (χ0n) is 31.3. The van der Waals surface area contributed by atoms with Gasteiger partial charge in [-0.1, -0.05) is 26.8 Å². The number of nitrogens with zero attached hydrogens (tertiary/aromatic N) is 3. The minimum absolute atomic E-state index is 0.00896. The molecule has 284 valence electrons. The normalized spacial score (nSPS) is 24.3. The summed E-state index contributed by atoms with van der Waals surface area (Å²) in [5.74, 6) is -1.90. The standard InChI is InChI=1S/C36H50N6O9S/c1-11-21-18-36(21,31(45)41-52(47,48)35(9)14-15-35)40-28(43)26-17-23(50-29-20(2)37-24-13-12-22(49-10)16-25(24)38-29)19-42(26)30(44)27(33(3,4)5)39-32(46)51-34(6,7)8/h11-13,16,21,23,26-27H,1,14-15,17-19H2,2-10H3,(H,39,46)(H,40,43)(H,41,45)/t21?,23-,26+,27-,36-/m1/s1. The maximum atomic E-state index is 14.5. The zero-order valence-corrected chi connectivity index (χ0v) is 32.1. The van der Waals surface area contributed by atoms with Gasteiger partial charge in [0.05, 0.1) is 29.4 Å². The van der Waals surface area contributed by atoms with E-state index in [1.807, 2.05) is 0 Å². The lowest BCUT2D eigenvalue weighted by Gasteiger charge is -2.36. The van der Waals surface area contributed by atoms with Gasteiger partial charge in [0.25, 0.3) is 5.91 Å². The van der Waals surface area contributed by atoms with E-state index in [4.69, 9.17) is 14.2 Å². The largest absolute Gasteiger partial charge is 0.497 e. The summed E-state index contributed by atoms with van der Waals surface area (Å²) in [5, 5.41) is 5.47. The number of sulfonamides is 1. The van der Waals surface area contributed by atoms with E-state index in [1.165, 1.54) is 18.1 Å². The van der Waals surface area contributed by atoms with Crippen molar-refractivity contribution in [2.45, 2.75) is 115 Å². The molecule has 16 heteroatoms. The average molecular weight is 743 g/mol. The molecular weight excluding hydrogens is 692 g/mol. The summed E-state index contributed by atoms with van der Waals surface area (Å²) in [6, 6.07) is 2.95. The maximum absolute atomic E-state index is 14.5. The van der Waals surface area contributed by atoms with E-state index < -0.39 is 79.2 Å². The molecule has 2 heterocycles. The van der Waals surface area contributed by atoms with Crippen molar-refractivity contribution in [3.05, 3.63) is 36.5 Å². The summed E-state index contributed by atoms with van der Waals surface area (Å²) in [5.41, 5.74) is -1.63. The summed E-state index contributed by atoms with van der Waals surface area (Å²) < 4.78 is 44.2.